The number of fused-ring (bicyclic) bond motifs is 1. The van der Waals surface area contributed by atoms with Crippen LogP contribution in [-0.4, -0.2) is 59.0 Å². The van der Waals surface area contributed by atoms with Crippen LogP contribution in [0.1, 0.15) is 58.1 Å². The summed E-state index contributed by atoms with van der Waals surface area (Å²) in [6.45, 7) is 9.56. The molecular formula is C37H44ClFN6O4Si. The quantitative estimate of drug-likeness (QED) is 0.0756. The zero-order chi connectivity index (χ0) is 35.9. The van der Waals surface area contributed by atoms with Crippen LogP contribution in [0.3, 0.4) is 0 Å². The third-order valence-corrected chi connectivity index (χ3v) is 14.1. The Hall–Kier alpha value is -4.52. The number of carboxylic acid groups (broad SMARTS) is 1. The molecule has 3 aromatic carbocycles. The Morgan fingerprint density at radius 1 is 1.02 bits per heavy atom. The molecule has 0 aliphatic heterocycles. The second-order valence-corrected chi connectivity index (χ2v) is 17.8. The van der Waals surface area contributed by atoms with E-state index in [9.17, 15) is 14.3 Å². The van der Waals surface area contributed by atoms with Crippen LogP contribution in [0.4, 0.5) is 21.0 Å². The lowest BCUT2D eigenvalue weighted by molar-refractivity contribution is 0.209. The van der Waals surface area contributed by atoms with Crippen LogP contribution in [0.5, 0.6) is 5.75 Å². The molecule has 2 aromatic heterocycles. The molecule has 13 heteroatoms. The van der Waals surface area contributed by atoms with Gasteiger partial charge in [0.05, 0.1) is 25.7 Å². The van der Waals surface area contributed by atoms with Crippen molar-refractivity contribution in [1.29, 1.82) is 0 Å². The Bertz CT molecular complexity index is 1870. The number of carbonyl (C=O) groups is 1. The summed E-state index contributed by atoms with van der Waals surface area (Å²) in [5.74, 6) is 0.235. The van der Waals surface area contributed by atoms with Gasteiger partial charge in [0, 0.05) is 29.8 Å². The number of ether oxygens (including phenoxy) is 1. The van der Waals surface area contributed by atoms with E-state index in [-0.39, 0.29) is 29.5 Å². The normalized spacial score (nSPS) is 12.5. The Labute approximate surface area is 298 Å². The monoisotopic (exact) mass is 718 g/mol. The van der Waals surface area contributed by atoms with E-state index in [1.165, 1.54) is 23.5 Å². The van der Waals surface area contributed by atoms with Crippen molar-refractivity contribution >= 4 is 59.2 Å². The van der Waals surface area contributed by atoms with Gasteiger partial charge in [-0.2, -0.15) is 10.1 Å². The van der Waals surface area contributed by atoms with Gasteiger partial charge in [-0.05, 0) is 34.3 Å². The molecule has 5 aromatic rings. The topological polar surface area (TPSA) is 123 Å². The standard InChI is InChI=1S/C37H44ClFN6O4Si/c1-6-13-27(18-19-49-50(37(2,3)4,28-14-9-7-10-15-28)29-16-11-8-12-17-29)41-34-33-31(42-35(43-34)44-36(46)47)23-40-45(33)24-26-20-25(22-38)30(39)21-32(26)48-5/h7-12,14-17,20-21,23,27H,6,13,18-19,22,24H2,1-5H3,(H,46,47)(H2,41,42,43,44). The lowest BCUT2D eigenvalue weighted by Gasteiger charge is -2.43. The van der Waals surface area contributed by atoms with Gasteiger partial charge in [0.2, 0.25) is 5.95 Å². The van der Waals surface area contributed by atoms with Crippen molar-refractivity contribution in [2.45, 2.75) is 70.5 Å². The molecule has 1 amide bonds. The SMILES string of the molecule is CCCC(CCO[Si](c1ccccc1)(c1ccccc1)C(C)(C)C)Nc1nc(NC(=O)O)nc2cnn(Cc3cc(CCl)c(F)cc3OC)c12. The van der Waals surface area contributed by atoms with Gasteiger partial charge in [0.25, 0.3) is 8.32 Å². The van der Waals surface area contributed by atoms with Crippen molar-refractivity contribution in [2.24, 2.45) is 0 Å². The van der Waals surface area contributed by atoms with Gasteiger partial charge in [-0.25, -0.2) is 14.2 Å². The molecular weight excluding hydrogens is 675 g/mol. The molecule has 264 valence electrons. The second-order valence-electron chi connectivity index (χ2n) is 13.2. The summed E-state index contributed by atoms with van der Waals surface area (Å²) in [5.41, 5.74) is 2.00. The van der Waals surface area contributed by atoms with E-state index in [1.807, 2.05) is 12.1 Å². The third-order valence-electron chi connectivity index (χ3n) is 8.80. The maximum Gasteiger partial charge on any atom is 0.411 e. The van der Waals surface area contributed by atoms with Crippen LogP contribution in [0.15, 0.2) is 79.0 Å². The van der Waals surface area contributed by atoms with E-state index in [2.05, 4.69) is 102 Å². The highest BCUT2D eigenvalue weighted by molar-refractivity contribution is 6.99. The van der Waals surface area contributed by atoms with E-state index < -0.39 is 20.2 Å². The highest BCUT2D eigenvalue weighted by Crippen LogP contribution is 2.37. The first-order valence-corrected chi connectivity index (χ1v) is 19.1. The van der Waals surface area contributed by atoms with Crippen molar-refractivity contribution in [3.63, 3.8) is 0 Å². The zero-order valence-electron chi connectivity index (χ0n) is 29.0. The molecule has 0 saturated carbocycles. The summed E-state index contributed by atoms with van der Waals surface area (Å²) < 4.78 is 28.9. The van der Waals surface area contributed by atoms with Gasteiger partial charge >= 0.3 is 6.09 Å². The van der Waals surface area contributed by atoms with Gasteiger partial charge in [-0.1, -0.05) is 94.8 Å². The Kier molecular flexibility index (Phi) is 11.8. The molecule has 1 atom stereocenters. The molecule has 3 N–H and O–H groups in total. The van der Waals surface area contributed by atoms with Crippen molar-refractivity contribution in [3.8, 4) is 5.75 Å². The van der Waals surface area contributed by atoms with Gasteiger partial charge in [0.1, 0.15) is 22.6 Å². The predicted octanol–water partition coefficient (Wildman–Crippen LogP) is 7.40. The fourth-order valence-electron chi connectivity index (χ4n) is 6.55. The van der Waals surface area contributed by atoms with Gasteiger partial charge in [0.15, 0.2) is 5.82 Å². The van der Waals surface area contributed by atoms with E-state index in [0.29, 0.717) is 46.8 Å². The number of methoxy groups -OCH3 is 1. The summed E-state index contributed by atoms with van der Waals surface area (Å²) in [6.07, 6.45) is 2.62. The van der Waals surface area contributed by atoms with Crippen LogP contribution < -0.4 is 25.7 Å². The Balaban J connectivity index is 1.50. The lowest BCUT2D eigenvalue weighted by Crippen LogP contribution is -2.66. The fourth-order valence-corrected chi connectivity index (χ4v) is 11.3. The third kappa shape index (κ3) is 7.93. The Morgan fingerprint density at radius 2 is 1.68 bits per heavy atom. The molecule has 50 heavy (non-hydrogen) atoms. The Morgan fingerprint density at radius 3 is 2.24 bits per heavy atom. The summed E-state index contributed by atoms with van der Waals surface area (Å²) >= 11 is 6.02. The first-order valence-electron chi connectivity index (χ1n) is 16.7. The number of rotatable bonds is 15. The minimum absolute atomic E-state index is 0.00249. The van der Waals surface area contributed by atoms with Crippen LogP contribution in [-0.2, 0) is 16.9 Å². The largest absolute Gasteiger partial charge is 0.496 e. The van der Waals surface area contributed by atoms with Crippen LogP contribution in [0.2, 0.25) is 5.04 Å². The molecule has 0 aliphatic carbocycles. The number of aromatic nitrogens is 4. The van der Waals surface area contributed by atoms with Crippen molar-refractivity contribution < 1.29 is 23.5 Å². The summed E-state index contributed by atoms with van der Waals surface area (Å²) in [5, 5.41) is 22.1. The first-order chi connectivity index (χ1) is 24.0. The second kappa shape index (κ2) is 16.0. The maximum atomic E-state index is 14.5. The molecule has 5 rings (SSSR count). The number of halogens is 2. The molecule has 0 spiro atoms. The molecule has 0 saturated heterocycles. The number of benzene rings is 3. The molecule has 0 fully saturated rings. The van der Waals surface area contributed by atoms with Crippen molar-refractivity contribution in [3.05, 3.63) is 95.9 Å². The average Bonchev–Trinajstić information content (AvgIpc) is 3.49. The average molecular weight is 719 g/mol. The number of nitrogens with one attached hydrogen (secondary N) is 2. The molecule has 10 nitrogen and oxygen atoms in total. The van der Waals surface area contributed by atoms with Crippen molar-refractivity contribution in [2.75, 3.05) is 24.4 Å². The van der Waals surface area contributed by atoms with Gasteiger partial charge < -0.3 is 19.6 Å². The molecule has 2 heterocycles. The van der Waals surface area contributed by atoms with E-state index in [0.717, 1.165) is 12.8 Å². The number of hydrogen-bond donors (Lipinski definition) is 3. The lowest BCUT2D eigenvalue weighted by atomic mass is 10.1. The molecule has 0 bridgehead atoms. The number of alkyl halides is 1. The molecule has 1 unspecified atom stereocenters. The minimum atomic E-state index is -2.76. The summed E-state index contributed by atoms with van der Waals surface area (Å²) in [4.78, 5) is 20.6. The first kappa shape index (κ1) is 36.7. The maximum absolute atomic E-state index is 14.5. The highest BCUT2D eigenvalue weighted by atomic mass is 35.5. The number of hydrogen-bond acceptors (Lipinski definition) is 7. The van der Waals surface area contributed by atoms with Gasteiger partial charge in [-0.3, -0.25) is 10.00 Å². The predicted molar refractivity (Wildman–Crippen MR) is 199 cm³/mol. The summed E-state index contributed by atoms with van der Waals surface area (Å²) in [7, 11) is -1.28. The van der Waals surface area contributed by atoms with Crippen LogP contribution in [0, 0.1) is 5.82 Å². The fraction of sp³-hybridized carbons (Fsp3) is 0.351. The van der Waals surface area contributed by atoms with Crippen LogP contribution >= 0.6 is 11.6 Å². The van der Waals surface area contributed by atoms with Gasteiger partial charge in [-0.15, -0.1) is 11.6 Å². The van der Waals surface area contributed by atoms with Crippen molar-refractivity contribution in [1.82, 2.24) is 19.7 Å². The molecule has 0 radical (unpaired) electrons. The number of nitrogens with zero attached hydrogens (tertiary/aromatic N) is 4. The highest BCUT2D eigenvalue weighted by Gasteiger charge is 2.50. The van der Waals surface area contributed by atoms with Crippen LogP contribution in [0.25, 0.3) is 11.0 Å². The summed E-state index contributed by atoms with van der Waals surface area (Å²) in [6, 6.07) is 23.9. The molecule has 0 aliphatic rings. The van der Waals surface area contributed by atoms with E-state index in [4.69, 9.17) is 20.8 Å². The number of amides is 1. The minimum Gasteiger partial charge on any atom is -0.496 e. The zero-order valence-corrected chi connectivity index (χ0v) is 30.8. The number of anilines is 2. The van der Waals surface area contributed by atoms with E-state index in [1.54, 1.807) is 16.9 Å². The smallest absolute Gasteiger partial charge is 0.411 e. The van der Waals surface area contributed by atoms with E-state index >= 15 is 0 Å².